The number of likely N-dealkylation sites (N-methyl/N-ethyl adjacent to an activating group) is 1. The molecule has 0 aromatic heterocycles. The molecule has 10 nitrogen and oxygen atoms in total. The smallest absolute Gasteiger partial charge is 0.500 e. The number of rotatable bonds is 25. The van der Waals surface area contributed by atoms with Crippen molar-refractivity contribution in [2.75, 3.05) is 98.7 Å². The maximum absolute atomic E-state index is 11.6. The molecule has 0 aliphatic heterocycles. The monoisotopic (exact) mass is 549 g/mol. The van der Waals surface area contributed by atoms with Crippen LogP contribution >= 0.6 is 19.6 Å². The van der Waals surface area contributed by atoms with Gasteiger partial charge in [-0.05, 0) is 45.1 Å². The molecule has 0 saturated heterocycles. The molecule has 1 unspecified atom stereocenters. The molecular formula is C21H48NO9PSSi. The number of hydrogen-bond acceptors (Lipinski definition) is 10. The van der Waals surface area contributed by atoms with Gasteiger partial charge in [-0.25, -0.2) is 0 Å². The molecule has 0 bridgehead atoms. The van der Waals surface area contributed by atoms with E-state index in [1.807, 2.05) is 53.7 Å². The first-order valence-corrected chi connectivity index (χ1v) is 16.7. The highest BCUT2D eigenvalue weighted by atomic mass is 32.2. The van der Waals surface area contributed by atoms with Gasteiger partial charge in [-0.1, -0.05) is 0 Å². The van der Waals surface area contributed by atoms with Crippen molar-refractivity contribution in [3.63, 3.8) is 0 Å². The summed E-state index contributed by atoms with van der Waals surface area (Å²) in [6, 6.07) is 0.844. The van der Waals surface area contributed by atoms with Gasteiger partial charge in [0, 0.05) is 32.5 Å². The molecule has 0 spiro atoms. The minimum atomic E-state index is -4.27. The number of hydrogen-bond donors (Lipinski definition) is 0. The molecule has 0 aromatic rings. The van der Waals surface area contributed by atoms with E-state index in [-0.39, 0.29) is 19.8 Å². The van der Waals surface area contributed by atoms with Crippen LogP contribution in [0.1, 0.15) is 33.6 Å². The van der Waals surface area contributed by atoms with Crippen LogP contribution in [0.2, 0.25) is 6.04 Å². The summed E-state index contributed by atoms with van der Waals surface area (Å²) < 4.78 is 50.3. The molecule has 0 radical (unpaired) electrons. The van der Waals surface area contributed by atoms with E-state index in [4.69, 9.17) is 31.8 Å². The normalized spacial score (nSPS) is 14.4. The van der Waals surface area contributed by atoms with Crippen LogP contribution < -0.4 is 4.89 Å². The van der Waals surface area contributed by atoms with E-state index < -0.39 is 16.6 Å². The fraction of sp³-hybridized carbons (Fsp3) is 1.00. The van der Waals surface area contributed by atoms with E-state index in [1.54, 1.807) is 0 Å². The molecule has 206 valence electrons. The Kier molecular flexibility index (Phi) is 20.8. The van der Waals surface area contributed by atoms with Gasteiger partial charge >= 0.3 is 8.80 Å². The summed E-state index contributed by atoms with van der Waals surface area (Å²) in [5, 5.41) is 0. The van der Waals surface area contributed by atoms with Gasteiger partial charge in [0.1, 0.15) is 13.2 Å². The maximum atomic E-state index is 11.6. The first-order chi connectivity index (χ1) is 16.1. The fourth-order valence-electron chi connectivity index (χ4n) is 2.75. The molecule has 0 rings (SSSR count). The number of phosphoric acid groups is 1. The van der Waals surface area contributed by atoms with Gasteiger partial charge in [-0.15, -0.1) is 0 Å². The zero-order valence-electron chi connectivity index (χ0n) is 22.1. The summed E-state index contributed by atoms with van der Waals surface area (Å²) in [7, 11) is -0.927. The van der Waals surface area contributed by atoms with Gasteiger partial charge < -0.3 is 41.2 Å². The second kappa shape index (κ2) is 20.5. The Balaban J connectivity index is 3.61. The molecular weight excluding hydrogens is 501 g/mol. The standard InChI is InChI=1S/C21H48NO9PSSi/c1-7-29-34(30-8-2,31-9-3)21-11-20-33-19-10-13-25-15-16-26-17-18-28-32(23,24)27-14-12-22(4,5)6/h7-21H2,1-6H3. The highest BCUT2D eigenvalue weighted by molar-refractivity contribution is 7.99. The number of phosphoric ester groups is 1. The molecule has 0 fully saturated rings. The van der Waals surface area contributed by atoms with Crippen molar-refractivity contribution in [3.05, 3.63) is 0 Å². The van der Waals surface area contributed by atoms with E-state index in [1.165, 1.54) is 0 Å². The van der Waals surface area contributed by atoms with E-state index in [9.17, 15) is 9.46 Å². The van der Waals surface area contributed by atoms with E-state index in [0.717, 1.165) is 30.4 Å². The predicted molar refractivity (Wildman–Crippen MR) is 136 cm³/mol. The average Bonchev–Trinajstić information content (AvgIpc) is 2.73. The van der Waals surface area contributed by atoms with Gasteiger partial charge in [0.25, 0.3) is 7.82 Å². The number of quaternary nitrogens is 1. The van der Waals surface area contributed by atoms with Crippen molar-refractivity contribution in [1.29, 1.82) is 0 Å². The molecule has 13 heteroatoms. The average molecular weight is 550 g/mol. The number of nitrogens with zero attached hydrogens (tertiary/aromatic N) is 1. The van der Waals surface area contributed by atoms with Crippen LogP contribution in [0.4, 0.5) is 0 Å². The van der Waals surface area contributed by atoms with Gasteiger partial charge in [0.2, 0.25) is 0 Å². The number of thioether (sulfide) groups is 1. The Labute approximate surface area is 212 Å². The quantitative estimate of drug-likeness (QED) is 0.0731. The van der Waals surface area contributed by atoms with Crippen LogP contribution in [0.3, 0.4) is 0 Å². The van der Waals surface area contributed by atoms with Gasteiger partial charge in [-0.3, -0.25) is 4.57 Å². The Bertz CT molecular complexity index is 512. The molecule has 34 heavy (non-hydrogen) atoms. The lowest BCUT2D eigenvalue weighted by Gasteiger charge is -2.28. The van der Waals surface area contributed by atoms with Gasteiger partial charge in [0.05, 0.1) is 47.6 Å². The lowest BCUT2D eigenvalue weighted by atomic mass is 10.5. The zero-order chi connectivity index (χ0) is 25.8. The highest BCUT2D eigenvalue weighted by Gasteiger charge is 2.39. The molecule has 1 atom stereocenters. The SMILES string of the molecule is CCO[Si](CCCSCCCOCCOCCOP(=O)([O-])OCC[N+](C)(C)C)(OCC)OCC. The minimum absolute atomic E-state index is 0.0676. The molecule has 0 aliphatic rings. The Morgan fingerprint density at radius 2 is 1.26 bits per heavy atom. The third-order valence-corrected chi connectivity index (χ3v) is 9.61. The Hall–Kier alpha value is 0.437. The number of ether oxygens (including phenoxy) is 2. The predicted octanol–water partition coefficient (Wildman–Crippen LogP) is 2.79. The Morgan fingerprint density at radius 1 is 0.765 bits per heavy atom. The molecule has 0 aliphatic carbocycles. The highest BCUT2D eigenvalue weighted by Crippen LogP contribution is 2.37. The third kappa shape index (κ3) is 20.6. The molecule has 0 amide bonds. The molecule has 0 N–H and O–H groups in total. The summed E-state index contributed by atoms with van der Waals surface area (Å²) in [6.45, 7) is 10.0. The van der Waals surface area contributed by atoms with Crippen LogP contribution in [0.25, 0.3) is 0 Å². The van der Waals surface area contributed by atoms with E-state index in [0.29, 0.717) is 50.7 Å². The summed E-state index contributed by atoms with van der Waals surface area (Å²) in [5.74, 6) is 2.06. The van der Waals surface area contributed by atoms with Crippen LogP contribution in [-0.4, -0.2) is 112 Å². The summed E-state index contributed by atoms with van der Waals surface area (Å²) >= 11 is 1.89. The van der Waals surface area contributed by atoms with Crippen LogP contribution in [0, 0.1) is 0 Å². The van der Waals surface area contributed by atoms with Gasteiger partial charge in [0.15, 0.2) is 0 Å². The molecule has 0 saturated carbocycles. The van der Waals surface area contributed by atoms with Gasteiger partial charge in [-0.2, -0.15) is 11.8 Å². The van der Waals surface area contributed by atoms with Crippen LogP contribution in [0.15, 0.2) is 0 Å². The Morgan fingerprint density at radius 3 is 1.82 bits per heavy atom. The first-order valence-electron chi connectivity index (χ1n) is 12.2. The van der Waals surface area contributed by atoms with Crippen molar-refractivity contribution < 1.29 is 45.7 Å². The van der Waals surface area contributed by atoms with Crippen molar-refractivity contribution in [2.45, 2.75) is 39.7 Å². The van der Waals surface area contributed by atoms with Crippen molar-refractivity contribution >= 4 is 28.4 Å². The molecule has 0 aromatic carbocycles. The lowest BCUT2D eigenvalue weighted by molar-refractivity contribution is -0.870. The summed E-state index contributed by atoms with van der Waals surface area (Å²) in [4.78, 5) is 11.6. The maximum Gasteiger partial charge on any atom is 0.500 e. The molecule has 0 heterocycles. The van der Waals surface area contributed by atoms with E-state index >= 15 is 0 Å². The fourth-order valence-corrected chi connectivity index (χ4v) is 7.17. The van der Waals surface area contributed by atoms with Crippen molar-refractivity contribution in [1.82, 2.24) is 0 Å². The second-order valence-corrected chi connectivity index (χ2v) is 13.8. The van der Waals surface area contributed by atoms with E-state index in [2.05, 4.69) is 0 Å². The first kappa shape index (κ1) is 34.4. The topological polar surface area (TPSA) is 105 Å². The van der Waals surface area contributed by atoms with Crippen molar-refractivity contribution in [3.8, 4) is 0 Å². The lowest BCUT2D eigenvalue weighted by Crippen LogP contribution is -2.46. The third-order valence-electron chi connectivity index (χ3n) is 4.30. The minimum Gasteiger partial charge on any atom is -0.756 e. The van der Waals surface area contributed by atoms with Crippen LogP contribution in [-0.2, 0) is 36.4 Å². The summed E-state index contributed by atoms with van der Waals surface area (Å²) in [5.41, 5.74) is 0. The summed E-state index contributed by atoms with van der Waals surface area (Å²) in [6.07, 6.45) is 1.97. The van der Waals surface area contributed by atoms with Crippen molar-refractivity contribution in [2.24, 2.45) is 0 Å². The zero-order valence-corrected chi connectivity index (χ0v) is 24.8. The largest absolute Gasteiger partial charge is 0.756 e. The van der Waals surface area contributed by atoms with Crippen LogP contribution in [0.5, 0.6) is 0 Å². The second-order valence-electron chi connectivity index (χ2n) is 8.40.